The quantitative estimate of drug-likeness (QED) is 0.813. The standard InChI is InChI=1S/C17H20N4O3/c1-3-21(11-10-18-12(2)22)14-6-4-13(5-7-14)19-17-15(23)8-9-16(24)20-17/h4-9H,3,10-11H2,1-2H3,(H,18,22)(H,19,20,24). The number of ketones is 1. The number of nitrogens with zero attached hydrogens (tertiary/aromatic N) is 2. The summed E-state index contributed by atoms with van der Waals surface area (Å²) in [5, 5.41) is 5.19. The number of amidine groups is 1. The number of carbonyl (C=O) groups is 3. The van der Waals surface area contributed by atoms with Crippen molar-refractivity contribution >= 4 is 34.8 Å². The Morgan fingerprint density at radius 2 is 1.92 bits per heavy atom. The molecular weight excluding hydrogens is 308 g/mol. The van der Waals surface area contributed by atoms with E-state index in [1.165, 1.54) is 19.1 Å². The van der Waals surface area contributed by atoms with Crippen molar-refractivity contribution in [1.29, 1.82) is 0 Å². The number of benzene rings is 1. The van der Waals surface area contributed by atoms with Gasteiger partial charge in [0.1, 0.15) is 0 Å². The van der Waals surface area contributed by atoms with Gasteiger partial charge in [-0.1, -0.05) is 0 Å². The van der Waals surface area contributed by atoms with Crippen LogP contribution >= 0.6 is 0 Å². The fraction of sp³-hybridized carbons (Fsp3) is 0.294. The molecule has 24 heavy (non-hydrogen) atoms. The van der Waals surface area contributed by atoms with Crippen molar-refractivity contribution in [2.24, 2.45) is 4.99 Å². The normalized spacial score (nSPS) is 15.3. The van der Waals surface area contributed by atoms with Gasteiger partial charge in [-0.3, -0.25) is 14.4 Å². The fourth-order valence-electron chi connectivity index (χ4n) is 2.24. The maximum absolute atomic E-state index is 11.7. The first kappa shape index (κ1) is 17.4. The number of aliphatic imine (C=N–C) groups is 1. The third-order valence-corrected chi connectivity index (χ3v) is 3.45. The average molecular weight is 328 g/mol. The summed E-state index contributed by atoms with van der Waals surface area (Å²) in [4.78, 5) is 40.1. The maximum atomic E-state index is 11.7. The van der Waals surface area contributed by atoms with Crippen molar-refractivity contribution in [3.8, 4) is 0 Å². The minimum absolute atomic E-state index is 0.0215. The van der Waals surface area contributed by atoms with Gasteiger partial charge in [0.15, 0.2) is 5.84 Å². The summed E-state index contributed by atoms with van der Waals surface area (Å²) < 4.78 is 0. The van der Waals surface area contributed by atoms with Gasteiger partial charge in [-0.15, -0.1) is 0 Å². The molecule has 1 aromatic rings. The molecule has 0 saturated carbocycles. The van der Waals surface area contributed by atoms with Gasteiger partial charge in [-0.05, 0) is 37.3 Å². The molecule has 2 N–H and O–H groups in total. The van der Waals surface area contributed by atoms with Crippen LogP contribution in [-0.2, 0) is 14.4 Å². The Morgan fingerprint density at radius 1 is 1.21 bits per heavy atom. The van der Waals surface area contributed by atoms with Gasteiger partial charge < -0.3 is 15.5 Å². The van der Waals surface area contributed by atoms with Crippen molar-refractivity contribution < 1.29 is 14.4 Å². The first-order valence-electron chi connectivity index (χ1n) is 7.71. The summed E-state index contributed by atoms with van der Waals surface area (Å²) in [6.45, 7) is 5.59. The zero-order chi connectivity index (χ0) is 17.5. The molecule has 2 amide bonds. The number of carbonyl (C=O) groups excluding carboxylic acids is 3. The number of hydrogen-bond acceptors (Lipinski definition) is 5. The zero-order valence-electron chi connectivity index (χ0n) is 13.7. The largest absolute Gasteiger partial charge is 0.370 e. The van der Waals surface area contributed by atoms with E-state index in [-0.39, 0.29) is 23.4 Å². The van der Waals surface area contributed by atoms with Gasteiger partial charge >= 0.3 is 0 Å². The smallest absolute Gasteiger partial charge is 0.249 e. The second-order valence-corrected chi connectivity index (χ2v) is 5.23. The van der Waals surface area contributed by atoms with Crippen LogP contribution in [0.5, 0.6) is 0 Å². The summed E-state index contributed by atoms with van der Waals surface area (Å²) in [5.74, 6) is -0.719. The van der Waals surface area contributed by atoms with E-state index in [1.54, 1.807) is 12.1 Å². The molecule has 126 valence electrons. The number of nitrogens with one attached hydrogen (secondary N) is 2. The number of likely N-dealkylation sites (N-methyl/N-ethyl adjacent to an activating group) is 1. The second kappa shape index (κ2) is 8.05. The van der Waals surface area contributed by atoms with E-state index < -0.39 is 0 Å². The molecule has 0 fully saturated rings. The molecular formula is C17H20N4O3. The molecule has 0 aromatic heterocycles. The van der Waals surface area contributed by atoms with Crippen LogP contribution < -0.4 is 15.5 Å². The molecule has 2 rings (SSSR count). The molecule has 1 aliphatic rings. The number of amides is 2. The molecule has 0 aliphatic carbocycles. The van der Waals surface area contributed by atoms with Crippen molar-refractivity contribution in [3.63, 3.8) is 0 Å². The minimum Gasteiger partial charge on any atom is -0.370 e. The third-order valence-electron chi connectivity index (χ3n) is 3.45. The van der Waals surface area contributed by atoms with E-state index in [0.717, 1.165) is 12.2 Å². The SMILES string of the molecule is CCN(CCNC(C)=O)c1ccc(N=C2NC(=O)C=CC2=O)cc1. The van der Waals surface area contributed by atoms with Crippen LogP contribution in [0.4, 0.5) is 11.4 Å². The monoisotopic (exact) mass is 328 g/mol. The van der Waals surface area contributed by atoms with Crippen LogP contribution in [0.1, 0.15) is 13.8 Å². The predicted molar refractivity (Wildman–Crippen MR) is 92.4 cm³/mol. The lowest BCUT2D eigenvalue weighted by molar-refractivity contribution is -0.119. The second-order valence-electron chi connectivity index (χ2n) is 5.23. The minimum atomic E-state index is -0.361. The fourth-order valence-corrected chi connectivity index (χ4v) is 2.24. The van der Waals surface area contributed by atoms with E-state index >= 15 is 0 Å². The Labute approximate surface area is 140 Å². The van der Waals surface area contributed by atoms with Crippen LogP contribution in [0.15, 0.2) is 41.4 Å². The Bertz CT molecular complexity index is 692. The molecule has 0 atom stereocenters. The lowest BCUT2D eigenvalue weighted by Crippen LogP contribution is -2.37. The lowest BCUT2D eigenvalue weighted by Gasteiger charge is -2.23. The van der Waals surface area contributed by atoms with E-state index in [0.29, 0.717) is 18.8 Å². The highest BCUT2D eigenvalue weighted by molar-refractivity contribution is 6.48. The van der Waals surface area contributed by atoms with E-state index in [2.05, 4.69) is 20.5 Å². The van der Waals surface area contributed by atoms with Gasteiger partial charge in [-0.2, -0.15) is 0 Å². The molecule has 0 unspecified atom stereocenters. The van der Waals surface area contributed by atoms with Crippen molar-refractivity contribution in [1.82, 2.24) is 10.6 Å². The van der Waals surface area contributed by atoms with Gasteiger partial charge in [0.05, 0.1) is 5.69 Å². The summed E-state index contributed by atoms with van der Waals surface area (Å²) in [5.41, 5.74) is 1.57. The van der Waals surface area contributed by atoms with Gasteiger partial charge in [0, 0.05) is 38.3 Å². The lowest BCUT2D eigenvalue weighted by atomic mass is 10.2. The summed E-state index contributed by atoms with van der Waals surface area (Å²) in [6.07, 6.45) is 2.38. The average Bonchev–Trinajstić information content (AvgIpc) is 2.56. The van der Waals surface area contributed by atoms with Crippen molar-refractivity contribution in [3.05, 3.63) is 36.4 Å². The maximum Gasteiger partial charge on any atom is 0.249 e. The third kappa shape index (κ3) is 4.77. The molecule has 1 aromatic carbocycles. The Morgan fingerprint density at radius 3 is 2.54 bits per heavy atom. The molecule has 0 spiro atoms. The van der Waals surface area contributed by atoms with E-state index in [1.807, 2.05) is 19.1 Å². The van der Waals surface area contributed by atoms with Gasteiger partial charge in [0.2, 0.25) is 17.6 Å². The van der Waals surface area contributed by atoms with Crippen LogP contribution in [-0.4, -0.2) is 43.1 Å². The Kier molecular flexibility index (Phi) is 5.83. The highest BCUT2D eigenvalue weighted by Crippen LogP contribution is 2.20. The molecule has 0 bridgehead atoms. The zero-order valence-corrected chi connectivity index (χ0v) is 13.7. The van der Waals surface area contributed by atoms with Crippen molar-refractivity contribution in [2.45, 2.75) is 13.8 Å². The highest BCUT2D eigenvalue weighted by Gasteiger charge is 2.16. The summed E-state index contributed by atoms with van der Waals surface area (Å²) >= 11 is 0. The van der Waals surface area contributed by atoms with Crippen LogP contribution in [0.2, 0.25) is 0 Å². The number of anilines is 1. The Hall–Kier alpha value is -2.96. The van der Waals surface area contributed by atoms with Gasteiger partial charge in [-0.25, -0.2) is 4.99 Å². The molecule has 7 nitrogen and oxygen atoms in total. The van der Waals surface area contributed by atoms with Gasteiger partial charge in [0.25, 0.3) is 0 Å². The first-order valence-corrected chi connectivity index (χ1v) is 7.71. The number of rotatable bonds is 6. The summed E-state index contributed by atoms with van der Waals surface area (Å²) in [6, 6.07) is 7.34. The molecule has 0 saturated heterocycles. The molecule has 0 radical (unpaired) electrons. The molecule has 1 heterocycles. The van der Waals surface area contributed by atoms with E-state index in [4.69, 9.17) is 0 Å². The predicted octanol–water partition coefficient (Wildman–Crippen LogP) is 0.934. The first-order chi connectivity index (χ1) is 11.5. The molecule has 7 heteroatoms. The highest BCUT2D eigenvalue weighted by atomic mass is 16.2. The summed E-state index contributed by atoms with van der Waals surface area (Å²) in [7, 11) is 0. The van der Waals surface area contributed by atoms with Crippen LogP contribution in [0.25, 0.3) is 0 Å². The number of hydrogen-bond donors (Lipinski definition) is 2. The van der Waals surface area contributed by atoms with Crippen LogP contribution in [0.3, 0.4) is 0 Å². The van der Waals surface area contributed by atoms with Crippen LogP contribution in [0, 0.1) is 0 Å². The molecule has 1 aliphatic heterocycles. The Balaban J connectivity index is 2.06. The van der Waals surface area contributed by atoms with Crippen molar-refractivity contribution in [2.75, 3.05) is 24.5 Å². The van der Waals surface area contributed by atoms with E-state index in [9.17, 15) is 14.4 Å². The topological polar surface area (TPSA) is 90.9 Å².